The van der Waals surface area contributed by atoms with Gasteiger partial charge >= 0.3 is 172 Å². The summed E-state index contributed by atoms with van der Waals surface area (Å²) in [7, 11) is 0. The third-order valence-corrected chi connectivity index (χ3v) is 7.81. The minimum atomic E-state index is 0.221. The Bertz CT molecular complexity index is 1230. The first-order valence-corrected chi connectivity index (χ1v) is 11.3. The van der Waals surface area contributed by atoms with Gasteiger partial charge in [0.25, 0.3) is 0 Å². The van der Waals surface area contributed by atoms with Crippen molar-refractivity contribution < 1.29 is 4.42 Å². The maximum absolute atomic E-state index is 6.48. The average Bonchev–Trinajstić information content (AvgIpc) is 2.97. The second kappa shape index (κ2) is 6.27. The maximum atomic E-state index is 6.48. The number of nitrogens with zero attached hydrogens (tertiary/aromatic N) is 1. The molecule has 1 aliphatic heterocycles. The topological polar surface area (TPSA) is 16.4 Å². The van der Waals surface area contributed by atoms with Crippen molar-refractivity contribution in [3.05, 3.63) is 76.3 Å². The first-order valence-electron chi connectivity index (χ1n) is 9.62. The average molecular weight is 432 g/mol. The fraction of sp³-hybridized carbons (Fsp3) is 0.200. The third-order valence-electron chi connectivity index (χ3n) is 5.41. The Labute approximate surface area is 172 Å². The van der Waals surface area contributed by atoms with Gasteiger partial charge in [-0.05, 0) is 0 Å². The van der Waals surface area contributed by atoms with E-state index in [0.29, 0.717) is 0 Å². The monoisotopic (exact) mass is 433 g/mol. The first-order chi connectivity index (χ1) is 13.4. The molecule has 0 atom stereocenters. The van der Waals surface area contributed by atoms with E-state index in [1.54, 1.807) is 0 Å². The Kier molecular flexibility index (Phi) is 3.94. The zero-order chi connectivity index (χ0) is 19.6. The van der Waals surface area contributed by atoms with E-state index in [-0.39, 0.29) is 15.0 Å². The number of hydrogen-bond donors (Lipinski definition) is 0. The second-order valence-corrected chi connectivity index (χ2v) is 10.1. The summed E-state index contributed by atoms with van der Waals surface area (Å²) in [6.07, 6.45) is 0. The number of aryl methyl sites for hydroxylation is 5. The van der Waals surface area contributed by atoms with E-state index < -0.39 is 0 Å². The number of benzene rings is 3. The molecule has 2 heterocycles. The molecule has 2 nitrogen and oxygen atoms in total. The van der Waals surface area contributed by atoms with Crippen LogP contribution in [0.25, 0.3) is 11.0 Å². The zero-order valence-electron chi connectivity index (χ0n) is 16.9. The van der Waals surface area contributed by atoms with E-state index in [1.165, 1.54) is 53.5 Å². The summed E-state index contributed by atoms with van der Waals surface area (Å²) in [6, 6.07) is 17.9. The molecule has 3 heteroatoms. The van der Waals surface area contributed by atoms with E-state index in [1.807, 2.05) is 0 Å². The van der Waals surface area contributed by atoms with Gasteiger partial charge in [-0.1, -0.05) is 0 Å². The molecular formula is C25H23NOSe. The summed E-state index contributed by atoms with van der Waals surface area (Å²) in [6.45, 7) is 10.9. The molecule has 0 saturated carbocycles. The van der Waals surface area contributed by atoms with Crippen molar-refractivity contribution in [2.24, 2.45) is 0 Å². The molecule has 3 aromatic carbocycles. The van der Waals surface area contributed by atoms with E-state index in [4.69, 9.17) is 4.42 Å². The quantitative estimate of drug-likeness (QED) is 0.329. The van der Waals surface area contributed by atoms with E-state index in [0.717, 1.165) is 11.5 Å². The van der Waals surface area contributed by atoms with Crippen LogP contribution in [0, 0.1) is 34.6 Å². The van der Waals surface area contributed by atoms with Gasteiger partial charge in [0.05, 0.1) is 0 Å². The van der Waals surface area contributed by atoms with Gasteiger partial charge in [-0.15, -0.1) is 0 Å². The van der Waals surface area contributed by atoms with Gasteiger partial charge < -0.3 is 0 Å². The van der Waals surface area contributed by atoms with Crippen LogP contribution in [-0.4, -0.2) is 15.0 Å². The molecule has 0 N–H and O–H groups in total. The minimum absolute atomic E-state index is 0.221. The molecule has 1 aromatic heterocycles. The summed E-state index contributed by atoms with van der Waals surface area (Å²) in [5.74, 6) is 0.993. The normalized spacial score (nSPS) is 13.0. The summed E-state index contributed by atoms with van der Waals surface area (Å²) < 4.78 is 9.25. The predicted octanol–water partition coefficient (Wildman–Crippen LogP) is 5.41. The van der Waals surface area contributed by atoms with Crippen LogP contribution in [0.15, 0.2) is 52.9 Å². The van der Waals surface area contributed by atoms with Crippen LogP contribution < -0.4 is 13.8 Å². The van der Waals surface area contributed by atoms with Gasteiger partial charge in [0.1, 0.15) is 0 Å². The summed E-state index contributed by atoms with van der Waals surface area (Å²) in [5, 5.41) is 1.26. The standard InChI is InChI=1S/C25H23NOSe/c1-14-7-9-21-19(12-14)24-25(27-21)26(20-8-6-15(2)13-22(20)28-24)23-17(4)10-16(3)11-18(23)5/h6-13H,1-5H3. The summed E-state index contributed by atoms with van der Waals surface area (Å²) in [5.41, 5.74) is 9.91. The Morgan fingerprint density at radius 1 is 0.750 bits per heavy atom. The van der Waals surface area contributed by atoms with Crippen molar-refractivity contribution >= 4 is 52.1 Å². The van der Waals surface area contributed by atoms with Crippen LogP contribution in [0.1, 0.15) is 27.8 Å². The molecule has 0 aliphatic carbocycles. The Balaban J connectivity index is 1.86. The summed E-state index contributed by atoms with van der Waals surface area (Å²) >= 11 is 0.221. The SMILES string of the molecule is Cc1cc(C)c(N2c3ccc(C)cc3[Se]c3c2oc2ccc(C)cc32)c(C)c1. The fourth-order valence-corrected chi connectivity index (χ4v) is 6.83. The molecule has 0 unspecified atom stereocenters. The third kappa shape index (κ3) is 2.62. The molecular weight excluding hydrogens is 409 g/mol. The van der Waals surface area contributed by atoms with Crippen molar-refractivity contribution in [2.45, 2.75) is 34.6 Å². The number of fused-ring (bicyclic) bond motifs is 4. The van der Waals surface area contributed by atoms with Crippen molar-refractivity contribution in [3.8, 4) is 0 Å². The van der Waals surface area contributed by atoms with Crippen LogP contribution in [0.4, 0.5) is 17.3 Å². The Morgan fingerprint density at radius 2 is 1.43 bits per heavy atom. The van der Waals surface area contributed by atoms with Crippen LogP contribution in [0.2, 0.25) is 0 Å². The van der Waals surface area contributed by atoms with Gasteiger partial charge in [0, 0.05) is 0 Å². The Hall–Kier alpha value is -2.48. The molecule has 5 rings (SSSR count). The van der Waals surface area contributed by atoms with E-state index in [2.05, 4.69) is 88.0 Å². The molecule has 0 bridgehead atoms. The zero-order valence-corrected chi connectivity index (χ0v) is 18.6. The molecule has 0 fully saturated rings. The Morgan fingerprint density at radius 3 is 2.18 bits per heavy atom. The molecule has 4 aromatic rings. The van der Waals surface area contributed by atoms with E-state index >= 15 is 0 Å². The van der Waals surface area contributed by atoms with Gasteiger partial charge in [-0.25, -0.2) is 0 Å². The van der Waals surface area contributed by atoms with Gasteiger partial charge in [-0.3, -0.25) is 0 Å². The molecule has 0 amide bonds. The van der Waals surface area contributed by atoms with Crippen LogP contribution in [-0.2, 0) is 0 Å². The fourth-order valence-electron chi connectivity index (χ4n) is 4.28. The van der Waals surface area contributed by atoms with Crippen LogP contribution >= 0.6 is 0 Å². The predicted molar refractivity (Wildman–Crippen MR) is 120 cm³/mol. The number of anilines is 3. The molecule has 0 saturated heterocycles. The summed E-state index contributed by atoms with van der Waals surface area (Å²) in [4.78, 5) is 2.36. The van der Waals surface area contributed by atoms with Crippen molar-refractivity contribution in [3.63, 3.8) is 0 Å². The second-order valence-electron chi connectivity index (χ2n) is 7.89. The van der Waals surface area contributed by atoms with Gasteiger partial charge in [0.15, 0.2) is 0 Å². The van der Waals surface area contributed by atoms with Crippen molar-refractivity contribution in [1.82, 2.24) is 0 Å². The van der Waals surface area contributed by atoms with Gasteiger partial charge in [-0.2, -0.15) is 0 Å². The van der Waals surface area contributed by atoms with Crippen molar-refractivity contribution in [1.29, 1.82) is 0 Å². The van der Waals surface area contributed by atoms with Crippen molar-refractivity contribution in [2.75, 3.05) is 4.90 Å². The number of rotatable bonds is 1. The molecule has 28 heavy (non-hydrogen) atoms. The molecule has 1 aliphatic rings. The van der Waals surface area contributed by atoms with Gasteiger partial charge in [0.2, 0.25) is 0 Å². The van der Waals surface area contributed by atoms with Crippen LogP contribution in [0.3, 0.4) is 0 Å². The molecule has 140 valence electrons. The molecule has 0 spiro atoms. The molecule has 0 radical (unpaired) electrons. The number of furan rings is 1. The van der Waals surface area contributed by atoms with E-state index in [9.17, 15) is 0 Å². The van der Waals surface area contributed by atoms with Crippen LogP contribution in [0.5, 0.6) is 0 Å². The first kappa shape index (κ1) is 17.6. The number of hydrogen-bond acceptors (Lipinski definition) is 2.